The summed E-state index contributed by atoms with van der Waals surface area (Å²) in [5, 5.41) is 1.32. The van der Waals surface area contributed by atoms with Gasteiger partial charge in [-0.2, -0.15) is 0 Å². The minimum Gasteiger partial charge on any atom is -0.444 e. The number of anilines is 1. The molecule has 1 aromatic heterocycles. The molecule has 8 heteroatoms. The highest BCUT2D eigenvalue weighted by Crippen LogP contribution is 2.30. The average molecular weight is 489 g/mol. The van der Waals surface area contributed by atoms with E-state index < -0.39 is 5.60 Å². The highest BCUT2D eigenvalue weighted by Gasteiger charge is 2.31. The Morgan fingerprint density at radius 2 is 1.97 bits per heavy atom. The average Bonchev–Trinajstić information content (AvgIpc) is 3.13. The Morgan fingerprint density at radius 1 is 1.21 bits per heavy atom. The maximum atomic E-state index is 12.7. The van der Waals surface area contributed by atoms with Crippen LogP contribution >= 0.6 is 23.2 Å². The van der Waals surface area contributed by atoms with Crippen molar-refractivity contribution in [3.8, 4) is 0 Å². The Hall–Kier alpha value is -2.44. The predicted molar refractivity (Wildman–Crippen MR) is 135 cm³/mol. The molecule has 0 aliphatic carbocycles. The number of benzene rings is 2. The molecule has 1 unspecified atom stereocenters. The molecule has 1 aliphatic rings. The fourth-order valence-corrected chi connectivity index (χ4v) is 4.60. The molecule has 1 fully saturated rings. The van der Waals surface area contributed by atoms with E-state index in [9.17, 15) is 4.79 Å². The topological polar surface area (TPSA) is 50.6 Å². The lowest BCUT2D eigenvalue weighted by Crippen LogP contribution is -2.50. The van der Waals surface area contributed by atoms with Gasteiger partial charge in [0.2, 0.25) is 5.95 Å². The van der Waals surface area contributed by atoms with Crippen LogP contribution in [0.2, 0.25) is 10.0 Å². The van der Waals surface area contributed by atoms with Crippen LogP contribution in [0.1, 0.15) is 39.2 Å². The van der Waals surface area contributed by atoms with Gasteiger partial charge in [0.15, 0.2) is 0 Å². The summed E-state index contributed by atoms with van der Waals surface area (Å²) in [6.45, 7) is 7.76. The Bertz CT molecular complexity index is 1160. The van der Waals surface area contributed by atoms with Gasteiger partial charge in [0.25, 0.3) is 0 Å². The van der Waals surface area contributed by atoms with Crippen molar-refractivity contribution in [1.82, 2.24) is 14.5 Å². The number of carbonyl (C=O) groups excluding carboxylic acids is 1. The van der Waals surface area contributed by atoms with E-state index >= 15 is 0 Å². The van der Waals surface area contributed by atoms with E-state index in [1.54, 1.807) is 11.0 Å². The summed E-state index contributed by atoms with van der Waals surface area (Å²) in [4.78, 5) is 21.6. The third kappa shape index (κ3) is 5.39. The number of carbonyl (C=O) groups is 1. The summed E-state index contributed by atoms with van der Waals surface area (Å²) < 4.78 is 7.77. The standard InChI is InChI=1S/C25H30Cl2N4O2/c1-25(2,3)33-24(32)29(4)19-8-7-13-30(16-19)23-28-21-9-5-6-10-22(21)31(23)15-17-14-18(26)11-12-20(17)27/h5-6,9-12,14,19H,7-8,13,15-16H2,1-4H3. The van der Waals surface area contributed by atoms with Gasteiger partial charge in [-0.05, 0) is 69.5 Å². The molecular formula is C25H30Cl2N4O2. The molecule has 2 heterocycles. The van der Waals surface area contributed by atoms with E-state index in [1.807, 2.05) is 58.2 Å². The lowest BCUT2D eigenvalue weighted by Gasteiger charge is -2.38. The zero-order valence-corrected chi connectivity index (χ0v) is 21.0. The first-order chi connectivity index (χ1) is 15.6. The van der Waals surface area contributed by atoms with Crippen LogP contribution in [0.5, 0.6) is 0 Å². The number of hydrogen-bond acceptors (Lipinski definition) is 4. The second kappa shape index (κ2) is 9.43. The molecule has 33 heavy (non-hydrogen) atoms. The van der Waals surface area contributed by atoms with E-state index in [0.29, 0.717) is 23.1 Å². The molecule has 1 atom stereocenters. The summed E-state index contributed by atoms with van der Waals surface area (Å²) in [5.41, 5.74) is 2.37. The van der Waals surface area contributed by atoms with E-state index in [2.05, 4.69) is 15.5 Å². The smallest absolute Gasteiger partial charge is 0.410 e. The van der Waals surface area contributed by atoms with Gasteiger partial charge in [0.1, 0.15) is 5.60 Å². The lowest BCUT2D eigenvalue weighted by molar-refractivity contribution is 0.0209. The number of imidazole rings is 1. The number of nitrogens with zero attached hydrogens (tertiary/aromatic N) is 4. The van der Waals surface area contributed by atoms with Crippen molar-refractivity contribution in [1.29, 1.82) is 0 Å². The number of rotatable bonds is 4. The van der Waals surface area contributed by atoms with E-state index in [-0.39, 0.29) is 12.1 Å². The van der Waals surface area contributed by atoms with Gasteiger partial charge in [-0.15, -0.1) is 0 Å². The fraction of sp³-hybridized carbons (Fsp3) is 0.440. The minimum absolute atomic E-state index is 0.0385. The van der Waals surface area contributed by atoms with Gasteiger partial charge in [0.05, 0.1) is 23.6 Å². The van der Waals surface area contributed by atoms with Crippen LogP contribution in [0.3, 0.4) is 0 Å². The summed E-state index contributed by atoms with van der Waals surface area (Å²) in [6, 6.07) is 13.6. The van der Waals surface area contributed by atoms with Crippen molar-refractivity contribution in [2.75, 3.05) is 25.0 Å². The molecule has 0 saturated carbocycles. The van der Waals surface area contributed by atoms with Crippen LogP contribution in [0, 0.1) is 0 Å². The van der Waals surface area contributed by atoms with Crippen molar-refractivity contribution in [3.05, 3.63) is 58.1 Å². The van der Waals surface area contributed by atoms with Gasteiger partial charge < -0.3 is 19.1 Å². The number of fused-ring (bicyclic) bond motifs is 1. The van der Waals surface area contributed by atoms with Crippen molar-refractivity contribution >= 4 is 46.3 Å². The van der Waals surface area contributed by atoms with Gasteiger partial charge in [-0.1, -0.05) is 35.3 Å². The van der Waals surface area contributed by atoms with Crippen LogP contribution in [-0.4, -0.2) is 52.3 Å². The summed E-state index contributed by atoms with van der Waals surface area (Å²) >= 11 is 12.7. The van der Waals surface area contributed by atoms with Gasteiger partial charge in [-0.25, -0.2) is 9.78 Å². The zero-order chi connectivity index (χ0) is 23.8. The van der Waals surface area contributed by atoms with E-state index in [1.165, 1.54) is 0 Å². The molecule has 0 bridgehead atoms. The van der Waals surface area contributed by atoms with Crippen molar-refractivity contribution in [2.45, 2.75) is 51.8 Å². The maximum Gasteiger partial charge on any atom is 0.410 e. The third-order valence-electron chi connectivity index (χ3n) is 5.88. The zero-order valence-electron chi connectivity index (χ0n) is 19.5. The molecule has 1 aliphatic heterocycles. The van der Waals surface area contributed by atoms with Crippen LogP contribution in [0.25, 0.3) is 11.0 Å². The quantitative estimate of drug-likeness (QED) is 0.436. The summed E-state index contributed by atoms with van der Waals surface area (Å²) in [5.74, 6) is 0.870. The SMILES string of the molecule is CN(C(=O)OC(C)(C)C)C1CCCN(c2nc3ccccc3n2Cc2cc(Cl)ccc2Cl)C1. The second-order valence-corrected chi connectivity index (χ2v) is 10.4. The van der Waals surface area contributed by atoms with Crippen molar-refractivity contribution < 1.29 is 9.53 Å². The number of piperidine rings is 1. The van der Waals surface area contributed by atoms with Gasteiger partial charge in [0, 0.05) is 30.2 Å². The summed E-state index contributed by atoms with van der Waals surface area (Å²) in [7, 11) is 1.82. The molecule has 176 valence electrons. The molecule has 0 spiro atoms. The Morgan fingerprint density at radius 3 is 2.73 bits per heavy atom. The van der Waals surface area contributed by atoms with Crippen molar-refractivity contribution in [3.63, 3.8) is 0 Å². The first-order valence-electron chi connectivity index (χ1n) is 11.2. The number of ether oxygens (including phenoxy) is 1. The van der Waals surface area contributed by atoms with E-state index in [4.69, 9.17) is 32.9 Å². The van der Waals surface area contributed by atoms with E-state index in [0.717, 1.165) is 41.9 Å². The monoisotopic (exact) mass is 488 g/mol. The molecule has 1 amide bonds. The highest BCUT2D eigenvalue weighted by molar-refractivity contribution is 6.33. The molecular weight excluding hydrogens is 459 g/mol. The highest BCUT2D eigenvalue weighted by atomic mass is 35.5. The Kier molecular flexibility index (Phi) is 6.78. The Labute approximate surface area is 205 Å². The summed E-state index contributed by atoms with van der Waals surface area (Å²) in [6.07, 6.45) is 1.58. The number of aromatic nitrogens is 2. The molecule has 4 rings (SSSR count). The second-order valence-electron chi connectivity index (χ2n) is 9.56. The first kappa shape index (κ1) is 23.7. The molecule has 1 saturated heterocycles. The fourth-order valence-electron chi connectivity index (χ4n) is 4.23. The largest absolute Gasteiger partial charge is 0.444 e. The number of halogens is 2. The molecule has 0 N–H and O–H groups in total. The Balaban J connectivity index is 1.64. The van der Waals surface area contributed by atoms with Crippen LogP contribution in [0.4, 0.5) is 10.7 Å². The molecule has 0 radical (unpaired) electrons. The van der Waals surface area contributed by atoms with Crippen molar-refractivity contribution in [2.24, 2.45) is 0 Å². The number of para-hydroxylation sites is 2. The maximum absolute atomic E-state index is 12.7. The molecule has 6 nitrogen and oxygen atoms in total. The number of likely N-dealkylation sites (N-methyl/N-ethyl adjacent to an activating group) is 1. The third-order valence-corrected chi connectivity index (χ3v) is 6.48. The number of hydrogen-bond donors (Lipinski definition) is 0. The van der Waals surface area contributed by atoms with Crippen LogP contribution in [-0.2, 0) is 11.3 Å². The molecule has 2 aromatic carbocycles. The lowest BCUT2D eigenvalue weighted by atomic mass is 10.1. The normalized spacial score (nSPS) is 16.8. The van der Waals surface area contributed by atoms with Gasteiger partial charge in [-0.3, -0.25) is 0 Å². The first-order valence-corrected chi connectivity index (χ1v) is 12.0. The van der Waals surface area contributed by atoms with Crippen LogP contribution in [0.15, 0.2) is 42.5 Å². The minimum atomic E-state index is -0.524. The van der Waals surface area contributed by atoms with Gasteiger partial charge >= 0.3 is 6.09 Å². The number of amides is 1. The predicted octanol–water partition coefficient (Wildman–Crippen LogP) is 6.23. The molecule has 3 aromatic rings. The van der Waals surface area contributed by atoms with Crippen LogP contribution < -0.4 is 4.90 Å².